The Morgan fingerprint density at radius 2 is 1.79 bits per heavy atom. The molecule has 3 heterocycles. The average molecular weight is 449 g/mol. The maximum atomic E-state index is 13.7. The summed E-state index contributed by atoms with van der Waals surface area (Å²) in [5, 5.41) is 1.09. The molecule has 34 heavy (non-hydrogen) atoms. The van der Waals surface area contributed by atoms with E-state index in [-0.39, 0.29) is 11.9 Å². The first-order valence-corrected chi connectivity index (χ1v) is 11.3. The Morgan fingerprint density at radius 1 is 0.971 bits per heavy atom. The van der Waals surface area contributed by atoms with E-state index < -0.39 is 0 Å². The van der Waals surface area contributed by atoms with Gasteiger partial charge in [-0.1, -0.05) is 48.5 Å². The first-order chi connectivity index (χ1) is 16.6. The molecule has 0 aliphatic carbocycles. The molecule has 5 nitrogen and oxygen atoms in total. The summed E-state index contributed by atoms with van der Waals surface area (Å²) in [5.41, 5.74) is 5.83. The van der Waals surface area contributed by atoms with Crippen molar-refractivity contribution in [3.63, 3.8) is 0 Å². The van der Waals surface area contributed by atoms with Crippen molar-refractivity contribution in [2.45, 2.75) is 19.5 Å². The van der Waals surface area contributed by atoms with E-state index in [1.165, 1.54) is 0 Å². The van der Waals surface area contributed by atoms with Crippen LogP contribution in [0.1, 0.15) is 39.0 Å². The number of aromatic amines is 1. The number of carbonyl (C=O) groups excluding carboxylic acids is 1. The number of carbonyl (C=O) groups is 1. The average Bonchev–Trinajstić information content (AvgIpc) is 3.54. The summed E-state index contributed by atoms with van der Waals surface area (Å²) in [6, 6.07) is 27.8. The highest BCUT2D eigenvalue weighted by molar-refractivity contribution is 6.02. The summed E-state index contributed by atoms with van der Waals surface area (Å²) in [5.74, 6) is 2.40. The first-order valence-electron chi connectivity index (χ1n) is 11.3. The van der Waals surface area contributed by atoms with E-state index in [4.69, 9.17) is 9.15 Å². The number of nitrogens with zero attached hydrogens (tertiary/aromatic N) is 1. The Bertz CT molecular complexity index is 1530. The molecule has 3 aromatic carbocycles. The van der Waals surface area contributed by atoms with Gasteiger partial charge in [-0.15, -0.1) is 0 Å². The van der Waals surface area contributed by atoms with E-state index in [1.54, 1.807) is 7.11 Å². The first kappa shape index (κ1) is 20.4. The zero-order valence-electron chi connectivity index (χ0n) is 19.0. The predicted octanol–water partition coefficient (Wildman–Crippen LogP) is 6.49. The van der Waals surface area contributed by atoms with Gasteiger partial charge < -0.3 is 19.0 Å². The monoisotopic (exact) mass is 448 g/mol. The van der Waals surface area contributed by atoms with Gasteiger partial charge in [-0.2, -0.15) is 0 Å². The largest absolute Gasteiger partial charge is 0.497 e. The quantitative estimate of drug-likeness (QED) is 0.334. The molecule has 0 unspecified atom stereocenters. The maximum absolute atomic E-state index is 13.7. The van der Waals surface area contributed by atoms with Crippen LogP contribution in [-0.4, -0.2) is 22.9 Å². The molecule has 6 rings (SSSR count). The second-order valence-electron chi connectivity index (χ2n) is 8.63. The SMILES string of the molecule is COc1cccc(-c2[nH]c3ccccc3c2[C@@H]2c3ccccc3C(=O)N2Cc2ccc(C)o2)c1. The molecular formula is C29H24N2O3. The summed E-state index contributed by atoms with van der Waals surface area (Å²) < 4.78 is 11.4. The third kappa shape index (κ3) is 3.20. The van der Waals surface area contributed by atoms with Crippen molar-refractivity contribution in [1.29, 1.82) is 0 Å². The van der Waals surface area contributed by atoms with Crippen LogP contribution < -0.4 is 4.74 Å². The molecular weight excluding hydrogens is 424 g/mol. The Morgan fingerprint density at radius 3 is 2.62 bits per heavy atom. The highest BCUT2D eigenvalue weighted by atomic mass is 16.5. The van der Waals surface area contributed by atoms with Gasteiger partial charge in [0.1, 0.15) is 17.3 Å². The van der Waals surface area contributed by atoms with Crippen LogP contribution in [0.5, 0.6) is 5.75 Å². The van der Waals surface area contributed by atoms with Gasteiger partial charge in [-0.05, 0) is 48.9 Å². The molecule has 1 aliphatic heterocycles. The number of H-pyrrole nitrogens is 1. The smallest absolute Gasteiger partial charge is 0.255 e. The van der Waals surface area contributed by atoms with E-state index in [1.807, 2.05) is 72.5 Å². The van der Waals surface area contributed by atoms with Crippen molar-refractivity contribution in [1.82, 2.24) is 9.88 Å². The number of hydrogen-bond donors (Lipinski definition) is 1. The number of rotatable bonds is 5. The summed E-state index contributed by atoms with van der Waals surface area (Å²) in [6.45, 7) is 2.31. The van der Waals surface area contributed by atoms with E-state index in [2.05, 4.69) is 29.2 Å². The van der Waals surface area contributed by atoms with Crippen LogP contribution in [-0.2, 0) is 6.54 Å². The number of aryl methyl sites for hydroxylation is 1. The summed E-state index contributed by atoms with van der Waals surface area (Å²) in [6.07, 6.45) is 0. The van der Waals surface area contributed by atoms with Gasteiger partial charge in [0.05, 0.1) is 25.4 Å². The van der Waals surface area contributed by atoms with Crippen molar-refractivity contribution in [3.8, 4) is 17.0 Å². The molecule has 0 fully saturated rings. The fourth-order valence-corrected chi connectivity index (χ4v) is 5.04. The minimum atomic E-state index is -0.258. The zero-order chi connectivity index (χ0) is 23.2. The molecule has 5 aromatic rings. The molecule has 0 bridgehead atoms. The molecule has 5 heteroatoms. The predicted molar refractivity (Wildman–Crippen MR) is 132 cm³/mol. The fraction of sp³-hybridized carbons (Fsp3) is 0.138. The van der Waals surface area contributed by atoms with E-state index in [0.717, 1.165) is 56.1 Å². The number of methoxy groups -OCH3 is 1. The van der Waals surface area contributed by atoms with Crippen molar-refractivity contribution in [2.75, 3.05) is 7.11 Å². The van der Waals surface area contributed by atoms with E-state index >= 15 is 0 Å². The standard InChI is InChI=1S/C29H24N2O3/c1-18-14-15-21(34-18)17-31-28(22-10-3-4-11-23(22)29(31)32)26-24-12-5-6-13-25(24)30-27(26)19-8-7-9-20(16-19)33-2/h3-16,28,30H,17H2,1-2H3/t28-/m0/s1. The Balaban J connectivity index is 1.60. The number of para-hydroxylation sites is 1. The molecule has 1 N–H and O–H groups in total. The number of amides is 1. The Kier molecular flexibility index (Phi) is 4.77. The normalized spacial score (nSPS) is 15.2. The second-order valence-corrected chi connectivity index (χ2v) is 8.63. The topological polar surface area (TPSA) is 58.5 Å². The third-order valence-corrected chi connectivity index (χ3v) is 6.56. The zero-order valence-corrected chi connectivity index (χ0v) is 19.0. The van der Waals surface area contributed by atoms with Gasteiger partial charge in [0.2, 0.25) is 0 Å². The molecule has 1 aliphatic rings. The molecule has 0 saturated carbocycles. The summed E-state index contributed by atoms with van der Waals surface area (Å²) in [4.78, 5) is 19.2. The number of benzene rings is 3. The Labute approximate surface area is 197 Å². The lowest BCUT2D eigenvalue weighted by Gasteiger charge is -2.26. The van der Waals surface area contributed by atoms with Gasteiger partial charge in [-0.25, -0.2) is 0 Å². The Hall–Kier alpha value is -4.25. The molecule has 0 radical (unpaired) electrons. The molecule has 0 spiro atoms. The van der Waals surface area contributed by atoms with Crippen molar-refractivity contribution >= 4 is 16.8 Å². The maximum Gasteiger partial charge on any atom is 0.255 e. The number of furan rings is 1. The van der Waals surface area contributed by atoms with Gasteiger partial charge in [0, 0.05) is 27.6 Å². The fourth-order valence-electron chi connectivity index (χ4n) is 5.04. The van der Waals surface area contributed by atoms with Crippen LogP contribution >= 0.6 is 0 Å². The number of hydrogen-bond acceptors (Lipinski definition) is 3. The van der Waals surface area contributed by atoms with Gasteiger partial charge in [0.25, 0.3) is 5.91 Å². The van der Waals surface area contributed by atoms with Crippen LogP contribution in [0.3, 0.4) is 0 Å². The molecule has 1 amide bonds. The third-order valence-electron chi connectivity index (χ3n) is 6.56. The summed E-state index contributed by atoms with van der Waals surface area (Å²) in [7, 11) is 1.67. The lowest BCUT2D eigenvalue weighted by atomic mass is 9.93. The number of ether oxygens (including phenoxy) is 1. The van der Waals surface area contributed by atoms with Crippen molar-refractivity contribution < 1.29 is 13.9 Å². The minimum Gasteiger partial charge on any atom is -0.497 e. The highest BCUT2D eigenvalue weighted by Gasteiger charge is 2.40. The van der Waals surface area contributed by atoms with Crippen LogP contribution in [0.4, 0.5) is 0 Å². The van der Waals surface area contributed by atoms with E-state index in [9.17, 15) is 4.79 Å². The van der Waals surface area contributed by atoms with Crippen LogP contribution in [0, 0.1) is 6.92 Å². The lowest BCUT2D eigenvalue weighted by molar-refractivity contribution is 0.0723. The van der Waals surface area contributed by atoms with E-state index in [0.29, 0.717) is 6.54 Å². The van der Waals surface area contributed by atoms with Gasteiger partial charge in [-0.3, -0.25) is 4.79 Å². The number of aromatic nitrogens is 1. The highest BCUT2D eigenvalue weighted by Crippen LogP contribution is 2.46. The molecule has 1 atom stereocenters. The second kappa shape index (κ2) is 7.96. The van der Waals surface area contributed by atoms with Crippen LogP contribution in [0.15, 0.2) is 89.3 Å². The minimum absolute atomic E-state index is 0.0107. The van der Waals surface area contributed by atoms with Crippen LogP contribution in [0.2, 0.25) is 0 Å². The molecule has 0 saturated heterocycles. The molecule has 2 aromatic heterocycles. The van der Waals surface area contributed by atoms with Gasteiger partial charge >= 0.3 is 0 Å². The van der Waals surface area contributed by atoms with Crippen molar-refractivity contribution in [2.24, 2.45) is 0 Å². The molecule has 168 valence electrons. The lowest BCUT2D eigenvalue weighted by Crippen LogP contribution is -2.28. The van der Waals surface area contributed by atoms with Crippen molar-refractivity contribution in [3.05, 3.63) is 113 Å². The number of fused-ring (bicyclic) bond motifs is 2. The summed E-state index contributed by atoms with van der Waals surface area (Å²) >= 11 is 0. The number of nitrogens with one attached hydrogen (secondary N) is 1. The van der Waals surface area contributed by atoms with Gasteiger partial charge in [0.15, 0.2) is 0 Å². The van der Waals surface area contributed by atoms with Crippen LogP contribution in [0.25, 0.3) is 22.2 Å².